The highest BCUT2D eigenvalue weighted by molar-refractivity contribution is 7.20. The fourth-order valence-corrected chi connectivity index (χ4v) is 5.14. The molecular weight excluding hydrogens is 474 g/mol. The predicted octanol–water partition coefficient (Wildman–Crippen LogP) is 5.59. The molecule has 0 spiro atoms. The number of carbonyl (C=O) groups excluding carboxylic acids is 1. The summed E-state index contributed by atoms with van der Waals surface area (Å²) in [5.74, 6) is -0.260. The number of aryl methyl sites for hydroxylation is 3. The van der Waals surface area contributed by atoms with Crippen LogP contribution < -0.4 is 16.5 Å². The molecule has 7 nitrogen and oxygen atoms in total. The summed E-state index contributed by atoms with van der Waals surface area (Å²) in [6.45, 7) is 5.61. The highest BCUT2D eigenvalue weighted by atomic mass is 35.5. The van der Waals surface area contributed by atoms with Crippen molar-refractivity contribution in [1.29, 1.82) is 0 Å². The van der Waals surface area contributed by atoms with E-state index in [1.165, 1.54) is 0 Å². The quantitative estimate of drug-likeness (QED) is 0.320. The van der Waals surface area contributed by atoms with Crippen LogP contribution >= 0.6 is 22.9 Å². The monoisotopic (exact) mass is 491 g/mol. The molecule has 3 heterocycles. The number of nitrogens with one attached hydrogen (secondary N) is 2. The number of benzene rings is 2. The molecule has 0 atom stereocenters. The molecule has 2 N–H and O–H groups in total. The fourth-order valence-electron chi connectivity index (χ4n) is 3.88. The van der Waals surface area contributed by atoms with Gasteiger partial charge in [-0.2, -0.15) is 0 Å². The Bertz CT molecular complexity index is 1750. The van der Waals surface area contributed by atoms with Gasteiger partial charge >= 0.3 is 5.63 Å². The first-order chi connectivity index (χ1) is 16.2. The maximum Gasteiger partial charge on any atom is 0.347 e. The molecule has 0 aliphatic heterocycles. The Kier molecular flexibility index (Phi) is 5.34. The summed E-state index contributed by atoms with van der Waals surface area (Å²) in [5, 5.41) is 4.30. The normalized spacial score (nSPS) is 11.3. The molecule has 2 aromatic carbocycles. The van der Waals surface area contributed by atoms with Gasteiger partial charge in [0.25, 0.3) is 11.5 Å². The second kappa shape index (κ2) is 8.23. The highest BCUT2D eigenvalue weighted by Gasteiger charge is 2.21. The van der Waals surface area contributed by atoms with E-state index in [0.29, 0.717) is 42.3 Å². The molecule has 5 aromatic rings. The number of amides is 1. The lowest BCUT2D eigenvalue weighted by molar-refractivity contribution is 0.103. The Balaban J connectivity index is 1.60. The van der Waals surface area contributed by atoms with Crippen molar-refractivity contribution in [3.05, 3.63) is 89.8 Å². The van der Waals surface area contributed by atoms with Crippen LogP contribution in [0.25, 0.3) is 32.6 Å². The van der Waals surface area contributed by atoms with Gasteiger partial charge in [-0.15, -0.1) is 11.3 Å². The van der Waals surface area contributed by atoms with E-state index in [2.05, 4.69) is 15.3 Å². The Labute approximate surface area is 202 Å². The van der Waals surface area contributed by atoms with Gasteiger partial charge in [0.2, 0.25) is 0 Å². The van der Waals surface area contributed by atoms with Gasteiger partial charge in [-0.3, -0.25) is 9.59 Å². The SMILES string of the molecule is Cc1ccc(NC(=O)c2sc3nc(-c4cc5cc(Cl)ccc5oc4=O)[nH]c(=O)c3c2C)c(C)c1. The standard InChI is InChI=1S/C25H18ClN3O4S/c1-11-4-6-17(12(2)8-11)27-23(31)20-13(3)19-22(30)28-21(29-24(19)34-20)16-10-14-9-15(26)5-7-18(14)33-25(16)32/h4-10H,1-3H3,(H,27,31)(H,28,29,30). The van der Waals surface area contributed by atoms with Gasteiger partial charge in [0, 0.05) is 16.1 Å². The van der Waals surface area contributed by atoms with E-state index >= 15 is 0 Å². The molecule has 1 amide bonds. The maximum atomic E-state index is 13.0. The molecule has 170 valence electrons. The number of aromatic amines is 1. The van der Waals surface area contributed by atoms with Gasteiger partial charge in [0.1, 0.15) is 21.8 Å². The minimum Gasteiger partial charge on any atom is -0.422 e. The number of nitrogens with zero attached hydrogens (tertiary/aromatic N) is 1. The Hall–Kier alpha value is -3.75. The number of anilines is 1. The molecule has 0 aliphatic carbocycles. The van der Waals surface area contributed by atoms with E-state index < -0.39 is 11.2 Å². The first-order valence-electron chi connectivity index (χ1n) is 10.4. The Morgan fingerprint density at radius 3 is 2.65 bits per heavy atom. The molecular formula is C25H18ClN3O4S. The van der Waals surface area contributed by atoms with E-state index in [9.17, 15) is 14.4 Å². The van der Waals surface area contributed by atoms with Crippen LogP contribution in [0.2, 0.25) is 5.02 Å². The zero-order chi connectivity index (χ0) is 24.1. The largest absolute Gasteiger partial charge is 0.422 e. The molecule has 0 fully saturated rings. The molecule has 0 saturated carbocycles. The number of hydrogen-bond donors (Lipinski definition) is 2. The summed E-state index contributed by atoms with van der Waals surface area (Å²) in [6.07, 6.45) is 0. The van der Waals surface area contributed by atoms with Crippen molar-refractivity contribution < 1.29 is 9.21 Å². The average molecular weight is 492 g/mol. The van der Waals surface area contributed by atoms with Crippen LogP contribution in [-0.4, -0.2) is 15.9 Å². The number of thiophene rings is 1. The molecule has 3 aromatic heterocycles. The number of halogens is 1. The van der Waals surface area contributed by atoms with Crippen molar-refractivity contribution in [1.82, 2.24) is 9.97 Å². The van der Waals surface area contributed by atoms with E-state index in [-0.39, 0.29) is 17.3 Å². The van der Waals surface area contributed by atoms with E-state index in [4.69, 9.17) is 16.0 Å². The Morgan fingerprint density at radius 2 is 1.88 bits per heavy atom. The number of rotatable bonds is 3. The van der Waals surface area contributed by atoms with Gasteiger partial charge < -0.3 is 14.7 Å². The van der Waals surface area contributed by atoms with Crippen molar-refractivity contribution in [2.24, 2.45) is 0 Å². The summed E-state index contributed by atoms with van der Waals surface area (Å²) >= 11 is 7.15. The summed E-state index contributed by atoms with van der Waals surface area (Å²) in [5.41, 5.74) is 2.65. The lowest BCUT2D eigenvalue weighted by Crippen LogP contribution is -2.14. The lowest BCUT2D eigenvalue weighted by Gasteiger charge is -2.08. The Morgan fingerprint density at radius 1 is 1.09 bits per heavy atom. The minimum absolute atomic E-state index is 0.0655. The van der Waals surface area contributed by atoms with E-state index in [1.54, 1.807) is 31.2 Å². The van der Waals surface area contributed by atoms with E-state index in [1.807, 2.05) is 32.0 Å². The molecule has 5 rings (SSSR count). The van der Waals surface area contributed by atoms with Gasteiger partial charge in [-0.05, 0) is 62.2 Å². The summed E-state index contributed by atoms with van der Waals surface area (Å²) in [4.78, 5) is 46.4. The fraction of sp³-hybridized carbons (Fsp3) is 0.120. The van der Waals surface area contributed by atoms with Gasteiger partial charge in [-0.1, -0.05) is 29.3 Å². The third kappa shape index (κ3) is 3.81. The van der Waals surface area contributed by atoms with Crippen molar-refractivity contribution >= 4 is 55.7 Å². The third-order valence-electron chi connectivity index (χ3n) is 5.59. The maximum absolute atomic E-state index is 13.0. The first kappa shape index (κ1) is 22.1. The number of carbonyl (C=O) groups is 1. The first-order valence-corrected chi connectivity index (χ1v) is 11.6. The van der Waals surface area contributed by atoms with Crippen LogP contribution in [0.1, 0.15) is 26.4 Å². The topological polar surface area (TPSA) is 105 Å². The molecule has 0 bridgehead atoms. The van der Waals surface area contributed by atoms with Crippen LogP contribution in [0.3, 0.4) is 0 Å². The van der Waals surface area contributed by atoms with Crippen LogP contribution in [0.5, 0.6) is 0 Å². The molecule has 9 heteroatoms. The highest BCUT2D eigenvalue weighted by Crippen LogP contribution is 2.30. The van der Waals surface area contributed by atoms with Crippen LogP contribution in [0.4, 0.5) is 5.69 Å². The molecule has 0 saturated heterocycles. The summed E-state index contributed by atoms with van der Waals surface area (Å²) in [6, 6.07) is 12.2. The molecule has 0 radical (unpaired) electrons. The predicted molar refractivity (Wildman–Crippen MR) is 135 cm³/mol. The van der Waals surface area contributed by atoms with Gasteiger partial charge in [0.15, 0.2) is 0 Å². The van der Waals surface area contributed by atoms with Crippen LogP contribution in [-0.2, 0) is 0 Å². The second-order valence-electron chi connectivity index (χ2n) is 8.05. The molecule has 34 heavy (non-hydrogen) atoms. The van der Waals surface area contributed by atoms with Crippen molar-refractivity contribution in [3.63, 3.8) is 0 Å². The van der Waals surface area contributed by atoms with Crippen molar-refractivity contribution in [2.45, 2.75) is 20.8 Å². The van der Waals surface area contributed by atoms with Crippen LogP contribution in [0, 0.1) is 20.8 Å². The molecule has 0 unspecified atom stereocenters. The minimum atomic E-state index is -0.640. The third-order valence-corrected chi connectivity index (χ3v) is 7.01. The number of aromatic nitrogens is 2. The summed E-state index contributed by atoms with van der Waals surface area (Å²) < 4.78 is 5.37. The van der Waals surface area contributed by atoms with Gasteiger partial charge in [0.05, 0.1) is 10.3 Å². The van der Waals surface area contributed by atoms with E-state index in [0.717, 1.165) is 22.5 Å². The number of H-pyrrole nitrogens is 1. The average Bonchev–Trinajstić information content (AvgIpc) is 3.12. The smallest absolute Gasteiger partial charge is 0.347 e. The van der Waals surface area contributed by atoms with Gasteiger partial charge in [-0.25, -0.2) is 9.78 Å². The molecule has 0 aliphatic rings. The second-order valence-corrected chi connectivity index (χ2v) is 9.49. The number of fused-ring (bicyclic) bond motifs is 2. The zero-order valence-electron chi connectivity index (χ0n) is 18.4. The lowest BCUT2D eigenvalue weighted by atomic mass is 10.1. The number of hydrogen-bond acceptors (Lipinski definition) is 6. The van der Waals surface area contributed by atoms with Crippen molar-refractivity contribution in [3.8, 4) is 11.4 Å². The van der Waals surface area contributed by atoms with Crippen LogP contribution in [0.15, 0.2) is 56.5 Å². The van der Waals surface area contributed by atoms with Crippen molar-refractivity contribution in [2.75, 3.05) is 5.32 Å². The zero-order valence-corrected chi connectivity index (χ0v) is 20.0. The summed E-state index contributed by atoms with van der Waals surface area (Å²) in [7, 11) is 0.